The molecule has 2 heterocycles. The number of rotatable bonds is 4. The Morgan fingerprint density at radius 2 is 1.91 bits per heavy atom. The second-order valence-electron chi connectivity index (χ2n) is 7.30. The molecule has 0 atom stereocenters. The molecular weight excluding hydrogens is 510 g/mol. The van der Waals surface area contributed by atoms with Gasteiger partial charge in [-0.25, -0.2) is 0 Å². The Kier molecular flexibility index (Phi) is 6.29. The predicted octanol–water partition coefficient (Wildman–Crippen LogP) is 6.62. The molecule has 160 valence electrons. The lowest BCUT2D eigenvalue weighted by molar-refractivity contribution is -0.123. The zero-order valence-electron chi connectivity index (χ0n) is 17.2. The van der Waals surface area contributed by atoms with Crippen molar-refractivity contribution in [1.82, 2.24) is 9.47 Å². The van der Waals surface area contributed by atoms with Gasteiger partial charge >= 0.3 is 0 Å². The van der Waals surface area contributed by atoms with E-state index in [1.165, 1.54) is 4.90 Å². The number of carbonyl (C=O) groups is 2. The van der Waals surface area contributed by atoms with E-state index in [9.17, 15) is 14.9 Å². The SMILES string of the molecule is Cc1cc(/C=C2/SC(=O)N(Cc3ccccc3C#N)C2=O)c(C)n1-c1ccc(Br)c(Cl)c1. The van der Waals surface area contributed by atoms with Crippen molar-refractivity contribution < 1.29 is 9.59 Å². The number of benzene rings is 2. The molecule has 0 spiro atoms. The largest absolute Gasteiger partial charge is 0.318 e. The van der Waals surface area contributed by atoms with Crippen LogP contribution in [0.4, 0.5) is 4.79 Å². The summed E-state index contributed by atoms with van der Waals surface area (Å²) >= 11 is 10.6. The molecule has 0 unspecified atom stereocenters. The molecule has 5 nitrogen and oxygen atoms in total. The van der Waals surface area contributed by atoms with E-state index < -0.39 is 0 Å². The van der Waals surface area contributed by atoms with Gasteiger partial charge in [0.1, 0.15) is 0 Å². The van der Waals surface area contributed by atoms with Crippen molar-refractivity contribution in [1.29, 1.82) is 5.26 Å². The number of nitriles is 1. The maximum Gasteiger partial charge on any atom is 0.293 e. The smallest absolute Gasteiger partial charge is 0.293 e. The molecule has 1 saturated heterocycles. The van der Waals surface area contributed by atoms with Crippen LogP contribution in [0.15, 0.2) is 57.9 Å². The third kappa shape index (κ3) is 4.14. The number of amides is 2. The lowest BCUT2D eigenvalue weighted by Crippen LogP contribution is -2.27. The summed E-state index contributed by atoms with van der Waals surface area (Å²) < 4.78 is 2.87. The molecule has 32 heavy (non-hydrogen) atoms. The Labute approximate surface area is 203 Å². The van der Waals surface area contributed by atoms with Crippen LogP contribution in [0.1, 0.15) is 28.1 Å². The van der Waals surface area contributed by atoms with Crippen LogP contribution in [0.2, 0.25) is 5.02 Å². The normalized spacial score (nSPS) is 15.0. The number of hydrogen-bond donors (Lipinski definition) is 0. The molecule has 0 aliphatic carbocycles. The zero-order valence-corrected chi connectivity index (χ0v) is 20.4. The van der Waals surface area contributed by atoms with E-state index in [-0.39, 0.29) is 17.7 Å². The van der Waals surface area contributed by atoms with E-state index in [0.29, 0.717) is 21.1 Å². The van der Waals surface area contributed by atoms with E-state index in [0.717, 1.165) is 38.9 Å². The molecule has 3 aromatic rings. The molecule has 1 aliphatic heterocycles. The molecule has 0 saturated carbocycles. The first kappa shape index (κ1) is 22.4. The summed E-state index contributed by atoms with van der Waals surface area (Å²) in [6.07, 6.45) is 1.75. The minimum Gasteiger partial charge on any atom is -0.318 e. The number of halogens is 2. The highest BCUT2D eigenvalue weighted by Crippen LogP contribution is 2.35. The van der Waals surface area contributed by atoms with Gasteiger partial charge in [0, 0.05) is 21.5 Å². The van der Waals surface area contributed by atoms with Crippen LogP contribution in [-0.4, -0.2) is 20.6 Å². The van der Waals surface area contributed by atoms with Crippen LogP contribution >= 0.6 is 39.3 Å². The molecule has 1 aliphatic rings. The van der Waals surface area contributed by atoms with Gasteiger partial charge in [-0.05, 0) is 89.1 Å². The van der Waals surface area contributed by atoms with Crippen LogP contribution in [0, 0.1) is 25.2 Å². The van der Waals surface area contributed by atoms with Gasteiger partial charge in [0.05, 0.1) is 28.1 Å². The highest BCUT2D eigenvalue weighted by Gasteiger charge is 2.35. The first-order chi connectivity index (χ1) is 15.3. The van der Waals surface area contributed by atoms with Crippen LogP contribution in [-0.2, 0) is 11.3 Å². The first-order valence-corrected chi connectivity index (χ1v) is 11.7. The molecule has 8 heteroatoms. The van der Waals surface area contributed by atoms with Crippen molar-refractivity contribution in [2.45, 2.75) is 20.4 Å². The monoisotopic (exact) mass is 525 g/mol. The van der Waals surface area contributed by atoms with Crippen LogP contribution < -0.4 is 0 Å². The van der Waals surface area contributed by atoms with Crippen LogP contribution in [0.5, 0.6) is 0 Å². The van der Waals surface area contributed by atoms with Crippen molar-refractivity contribution in [3.05, 3.63) is 91.0 Å². The molecule has 2 amide bonds. The maximum absolute atomic E-state index is 13.0. The van der Waals surface area contributed by atoms with Crippen molar-refractivity contribution in [2.75, 3.05) is 0 Å². The number of aryl methyl sites for hydroxylation is 1. The average Bonchev–Trinajstić information content (AvgIpc) is 3.20. The minimum absolute atomic E-state index is 0.0716. The van der Waals surface area contributed by atoms with Gasteiger partial charge < -0.3 is 4.57 Å². The van der Waals surface area contributed by atoms with E-state index in [2.05, 4.69) is 26.6 Å². The van der Waals surface area contributed by atoms with Gasteiger partial charge in [0.15, 0.2) is 0 Å². The summed E-state index contributed by atoms with van der Waals surface area (Å²) in [5.74, 6) is -0.357. The lowest BCUT2D eigenvalue weighted by atomic mass is 10.1. The highest BCUT2D eigenvalue weighted by atomic mass is 79.9. The number of nitrogens with zero attached hydrogens (tertiary/aromatic N) is 3. The highest BCUT2D eigenvalue weighted by molar-refractivity contribution is 9.10. The third-order valence-electron chi connectivity index (χ3n) is 5.26. The third-order valence-corrected chi connectivity index (χ3v) is 7.40. The summed E-state index contributed by atoms with van der Waals surface area (Å²) in [4.78, 5) is 27.1. The summed E-state index contributed by atoms with van der Waals surface area (Å²) in [7, 11) is 0. The number of imide groups is 1. The van der Waals surface area contributed by atoms with Crippen molar-refractivity contribution in [3.8, 4) is 11.8 Å². The summed E-state index contributed by atoms with van der Waals surface area (Å²) in [6, 6.07) is 16.8. The Morgan fingerprint density at radius 3 is 2.62 bits per heavy atom. The topological polar surface area (TPSA) is 66.1 Å². The average molecular weight is 527 g/mol. The maximum atomic E-state index is 13.0. The molecule has 2 aromatic carbocycles. The summed E-state index contributed by atoms with van der Waals surface area (Å²) in [5.41, 5.74) is 4.77. The van der Waals surface area contributed by atoms with E-state index >= 15 is 0 Å². The summed E-state index contributed by atoms with van der Waals surface area (Å²) in [5, 5.41) is 9.55. The molecule has 0 bridgehead atoms. The van der Waals surface area contributed by atoms with Gasteiger partial charge in [0.25, 0.3) is 11.1 Å². The standard InChI is InChI=1S/C24H17BrClN3O2S/c1-14-9-18(15(2)29(14)19-7-8-20(25)21(26)11-19)10-22-23(30)28(24(31)32-22)13-17-6-4-3-5-16(17)12-27/h3-11H,13H2,1-2H3/b22-10+. The number of carbonyl (C=O) groups excluding carboxylic acids is 2. The quantitative estimate of drug-likeness (QED) is 0.358. The molecule has 0 radical (unpaired) electrons. The van der Waals surface area contributed by atoms with Crippen LogP contribution in [0.3, 0.4) is 0 Å². The molecule has 1 fully saturated rings. The minimum atomic E-state index is -0.357. The fourth-order valence-electron chi connectivity index (χ4n) is 3.67. The fourth-order valence-corrected chi connectivity index (χ4v) is 4.92. The lowest BCUT2D eigenvalue weighted by Gasteiger charge is -2.13. The fraction of sp³-hybridized carbons (Fsp3) is 0.125. The Bertz CT molecular complexity index is 1340. The number of aromatic nitrogens is 1. The van der Waals surface area contributed by atoms with Gasteiger partial charge in [-0.2, -0.15) is 5.26 Å². The van der Waals surface area contributed by atoms with E-state index in [1.54, 1.807) is 30.3 Å². The second-order valence-corrected chi connectivity index (χ2v) is 9.55. The van der Waals surface area contributed by atoms with Gasteiger partial charge in [-0.3, -0.25) is 14.5 Å². The first-order valence-electron chi connectivity index (χ1n) is 9.68. The number of hydrogen-bond acceptors (Lipinski definition) is 4. The molecular formula is C24H17BrClN3O2S. The molecule has 0 N–H and O–H groups in total. The molecule has 4 rings (SSSR count). The van der Waals surface area contributed by atoms with Crippen molar-refractivity contribution in [3.63, 3.8) is 0 Å². The molecule has 1 aromatic heterocycles. The number of thioether (sulfide) groups is 1. The predicted molar refractivity (Wildman–Crippen MR) is 131 cm³/mol. The zero-order chi connectivity index (χ0) is 23.0. The van der Waals surface area contributed by atoms with Gasteiger partial charge in [-0.1, -0.05) is 29.8 Å². The van der Waals surface area contributed by atoms with Crippen molar-refractivity contribution >= 4 is 56.5 Å². The Hall–Kier alpha value is -2.79. The van der Waals surface area contributed by atoms with E-state index in [4.69, 9.17) is 11.6 Å². The van der Waals surface area contributed by atoms with Gasteiger partial charge in [-0.15, -0.1) is 0 Å². The van der Waals surface area contributed by atoms with Gasteiger partial charge in [0.2, 0.25) is 0 Å². The summed E-state index contributed by atoms with van der Waals surface area (Å²) in [6.45, 7) is 4.01. The van der Waals surface area contributed by atoms with Crippen molar-refractivity contribution in [2.24, 2.45) is 0 Å². The Balaban J connectivity index is 1.65. The van der Waals surface area contributed by atoms with E-state index in [1.807, 2.05) is 38.1 Å². The Morgan fingerprint density at radius 1 is 1.16 bits per heavy atom. The van der Waals surface area contributed by atoms with Crippen LogP contribution in [0.25, 0.3) is 11.8 Å². The second kappa shape index (κ2) is 8.99.